The standard InChI is InChI=1S/C18H15AsO3/c1-10-12(4-3-5-16(10)19)8-15-11(2)14-7-6-13(20)9-17(14)22-18(15)21/h3-7,9,20H,8H2,1-2H3. The van der Waals surface area contributed by atoms with Gasteiger partial charge in [-0.15, -0.1) is 0 Å². The first-order valence-corrected chi connectivity index (χ1v) is 7.94. The summed E-state index contributed by atoms with van der Waals surface area (Å²) in [6.07, 6.45) is 0.544. The van der Waals surface area contributed by atoms with E-state index < -0.39 is 0 Å². The quantitative estimate of drug-likeness (QED) is 0.568. The number of phenols is 1. The van der Waals surface area contributed by atoms with E-state index in [9.17, 15) is 9.90 Å². The summed E-state index contributed by atoms with van der Waals surface area (Å²) in [5, 5.41) is 10.4. The number of fused-ring (bicyclic) bond motifs is 1. The first-order chi connectivity index (χ1) is 10.5. The second-order valence-electron chi connectivity index (χ2n) is 5.41. The van der Waals surface area contributed by atoms with Crippen molar-refractivity contribution in [2.75, 3.05) is 0 Å². The predicted octanol–water partition coefficient (Wildman–Crippen LogP) is 2.50. The number of hydrogen-bond donors (Lipinski definition) is 1. The van der Waals surface area contributed by atoms with E-state index in [-0.39, 0.29) is 11.4 Å². The van der Waals surface area contributed by atoms with Crippen molar-refractivity contribution in [3.63, 3.8) is 0 Å². The van der Waals surface area contributed by atoms with Crippen LogP contribution in [0.25, 0.3) is 11.0 Å². The zero-order chi connectivity index (χ0) is 15.9. The van der Waals surface area contributed by atoms with E-state index in [2.05, 4.69) is 23.8 Å². The van der Waals surface area contributed by atoms with Gasteiger partial charge in [0.2, 0.25) is 0 Å². The molecule has 2 aromatic carbocycles. The summed E-state index contributed by atoms with van der Waals surface area (Å²) in [4.78, 5) is 12.3. The van der Waals surface area contributed by atoms with Crippen LogP contribution < -0.4 is 9.98 Å². The van der Waals surface area contributed by atoms with Gasteiger partial charge in [0, 0.05) is 0 Å². The van der Waals surface area contributed by atoms with Gasteiger partial charge in [0.25, 0.3) is 0 Å². The van der Waals surface area contributed by atoms with Gasteiger partial charge in [0.15, 0.2) is 0 Å². The van der Waals surface area contributed by atoms with Crippen LogP contribution in [0.5, 0.6) is 5.75 Å². The molecule has 0 spiro atoms. The van der Waals surface area contributed by atoms with E-state index in [1.54, 1.807) is 12.1 Å². The van der Waals surface area contributed by atoms with Crippen molar-refractivity contribution < 1.29 is 9.52 Å². The molecule has 0 saturated carbocycles. The summed E-state index contributed by atoms with van der Waals surface area (Å²) in [7, 11) is 0. The van der Waals surface area contributed by atoms with Gasteiger partial charge < -0.3 is 0 Å². The van der Waals surface area contributed by atoms with Gasteiger partial charge in [0.05, 0.1) is 0 Å². The van der Waals surface area contributed by atoms with Crippen LogP contribution in [0.2, 0.25) is 0 Å². The average Bonchev–Trinajstić information content (AvgIpc) is 2.47. The second kappa shape index (κ2) is 5.66. The molecule has 3 rings (SSSR count). The van der Waals surface area contributed by atoms with Gasteiger partial charge in [-0.25, -0.2) is 0 Å². The fourth-order valence-corrected chi connectivity index (χ4v) is 3.12. The summed E-state index contributed by atoms with van der Waals surface area (Å²) >= 11 is 2.55. The third-order valence-corrected chi connectivity index (χ3v) is 5.07. The second-order valence-corrected chi connectivity index (χ2v) is 6.42. The summed E-state index contributed by atoms with van der Waals surface area (Å²) < 4.78 is 6.53. The molecule has 0 saturated heterocycles. The molecule has 0 bridgehead atoms. The maximum atomic E-state index is 12.3. The third-order valence-electron chi connectivity index (χ3n) is 4.06. The number of aryl methyl sites for hydroxylation is 1. The predicted molar refractivity (Wildman–Crippen MR) is 88.3 cm³/mol. The minimum absolute atomic E-state index is 0.0927. The molecule has 22 heavy (non-hydrogen) atoms. The van der Waals surface area contributed by atoms with E-state index in [1.807, 2.05) is 25.1 Å². The van der Waals surface area contributed by atoms with Crippen molar-refractivity contribution in [3.8, 4) is 5.75 Å². The molecule has 0 aliphatic heterocycles. The van der Waals surface area contributed by atoms with Crippen molar-refractivity contribution in [2.45, 2.75) is 20.3 Å². The molecule has 3 nitrogen and oxygen atoms in total. The molecule has 1 N–H and O–H groups in total. The fourth-order valence-electron chi connectivity index (χ4n) is 2.64. The molecule has 0 unspecified atom stereocenters. The number of rotatable bonds is 2. The molecule has 0 amide bonds. The van der Waals surface area contributed by atoms with Crippen LogP contribution in [0.3, 0.4) is 0 Å². The van der Waals surface area contributed by atoms with Crippen LogP contribution in [-0.2, 0) is 6.42 Å². The Morgan fingerprint density at radius 3 is 2.68 bits per heavy atom. The van der Waals surface area contributed by atoms with Crippen LogP contribution in [0.4, 0.5) is 0 Å². The Balaban J connectivity index is 2.17. The SMILES string of the molecule is Cc1c([As])cccc1Cc1c(C)c2ccc(O)cc2oc1=O. The average molecular weight is 354 g/mol. The van der Waals surface area contributed by atoms with E-state index in [0.29, 0.717) is 17.6 Å². The topological polar surface area (TPSA) is 50.4 Å². The van der Waals surface area contributed by atoms with E-state index in [0.717, 1.165) is 20.9 Å². The molecule has 2 radical (unpaired) electrons. The third kappa shape index (κ3) is 2.57. The Kier molecular flexibility index (Phi) is 3.84. The van der Waals surface area contributed by atoms with Crippen LogP contribution in [0.1, 0.15) is 22.3 Å². The van der Waals surface area contributed by atoms with Crippen LogP contribution in [0, 0.1) is 13.8 Å². The van der Waals surface area contributed by atoms with Crippen molar-refractivity contribution in [1.82, 2.24) is 0 Å². The first kappa shape index (κ1) is 14.9. The molecule has 1 aromatic heterocycles. The minimum atomic E-state index is -0.342. The normalized spacial score (nSPS) is 11.0. The molecule has 0 aliphatic rings. The van der Waals surface area contributed by atoms with Gasteiger partial charge in [-0.2, -0.15) is 0 Å². The van der Waals surface area contributed by atoms with Crippen LogP contribution in [0.15, 0.2) is 45.6 Å². The zero-order valence-electron chi connectivity index (χ0n) is 12.4. The van der Waals surface area contributed by atoms with Gasteiger partial charge in [-0.05, 0) is 0 Å². The van der Waals surface area contributed by atoms with Gasteiger partial charge >= 0.3 is 137 Å². The molecule has 4 heteroatoms. The van der Waals surface area contributed by atoms with E-state index in [1.165, 1.54) is 11.6 Å². The number of hydrogen-bond acceptors (Lipinski definition) is 3. The maximum absolute atomic E-state index is 12.3. The number of benzene rings is 2. The molecule has 0 atom stereocenters. The van der Waals surface area contributed by atoms with E-state index >= 15 is 0 Å². The van der Waals surface area contributed by atoms with Gasteiger partial charge in [-0.1, -0.05) is 0 Å². The first-order valence-electron chi connectivity index (χ1n) is 7.00. The van der Waals surface area contributed by atoms with Crippen molar-refractivity contribution >= 4 is 32.2 Å². The number of aromatic hydroxyl groups is 1. The Bertz CT molecular complexity index is 925. The monoisotopic (exact) mass is 354 g/mol. The van der Waals surface area contributed by atoms with Crippen LogP contribution >= 0.6 is 0 Å². The Hall–Kier alpha value is -1.99. The molecular weight excluding hydrogens is 339 g/mol. The Labute approximate surface area is 137 Å². The molecular formula is C18H15AsO3. The zero-order valence-corrected chi connectivity index (χ0v) is 14.3. The Morgan fingerprint density at radius 1 is 1.14 bits per heavy atom. The summed E-state index contributed by atoms with van der Waals surface area (Å²) in [5.74, 6) is 0.0927. The summed E-state index contributed by atoms with van der Waals surface area (Å²) in [5.41, 5.74) is 3.94. The molecule has 0 fully saturated rings. The summed E-state index contributed by atoms with van der Waals surface area (Å²) in [6.45, 7) is 3.98. The number of phenolic OH excluding ortho intramolecular Hbond substituents is 1. The molecule has 0 aliphatic carbocycles. The van der Waals surface area contributed by atoms with Crippen LogP contribution in [-0.4, -0.2) is 22.0 Å². The molecule has 110 valence electrons. The van der Waals surface area contributed by atoms with Gasteiger partial charge in [0.1, 0.15) is 0 Å². The Morgan fingerprint density at radius 2 is 1.91 bits per heavy atom. The van der Waals surface area contributed by atoms with Crippen molar-refractivity contribution in [3.05, 3.63) is 69.1 Å². The molecule has 1 heterocycles. The summed E-state index contributed by atoms with van der Waals surface area (Å²) in [6, 6.07) is 10.9. The molecule has 3 aromatic rings. The van der Waals surface area contributed by atoms with E-state index in [4.69, 9.17) is 4.42 Å². The van der Waals surface area contributed by atoms with Gasteiger partial charge in [-0.3, -0.25) is 0 Å². The fraction of sp³-hybridized carbons (Fsp3) is 0.167. The van der Waals surface area contributed by atoms with Crippen molar-refractivity contribution in [1.29, 1.82) is 0 Å². The van der Waals surface area contributed by atoms with Crippen molar-refractivity contribution in [2.24, 2.45) is 0 Å².